The van der Waals surface area contributed by atoms with E-state index in [0.717, 1.165) is 96.0 Å². The summed E-state index contributed by atoms with van der Waals surface area (Å²) in [5.74, 6) is 5.35. The minimum Gasteiger partial charge on any atom is -0.462 e. The summed E-state index contributed by atoms with van der Waals surface area (Å²) in [5, 5.41) is 29.5. The van der Waals surface area contributed by atoms with Gasteiger partial charge in [-0.05, 0) is 150 Å². The Morgan fingerprint density at radius 3 is 1.32 bits per heavy atom. The average Bonchev–Trinajstić information content (AvgIpc) is 3.71. The summed E-state index contributed by atoms with van der Waals surface area (Å²) in [5.41, 5.74) is -0.393. The highest BCUT2D eigenvalue weighted by Crippen LogP contribution is 2.76. The third-order valence-corrected chi connectivity index (χ3v) is 22.4. The monoisotopic (exact) mass is 837 g/mol. The molecule has 9 heteroatoms. The smallest absolute Gasteiger partial charge is 0.305 e. The molecule has 4 heterocycles. The zero-order chi connectivity index (χ0) is 42.5. The van der Waals surface area contributed by atoms with Gasteiger partial charge in [0.05, 0.1) is 34.6 Å². The first-order valence-electron chi connectivity index (χ1n) is 25.1. The van der Waals surface area contributed by atoms with Crippen LogP contribution in [0.5, 0.6) is 0 Å². The molecule has 2 spiro atoms. The van der Waals surface area contributed by atoms with Crippen molar-refractivity contribution in [2.75, 3.05) is 7.11 Å². The molecule has 60 heavy (non-hydrogen) atoms. The molecule has 0 amide bonds. The third-order valence-electron chi connectivity index (χ3n) is 22.4. The number of esters is 2. The van der Waals surface area contributed by atoms with Gasteiger partial charge in [0.1, 0.15) is 12.2 Å². The van der Waals surface area contributed by atoms with E-state index in [1.54, 1.807) is 0 Å². The van der Waals surface area contributed by atoms with Gasteiger partial charge in [-0.25, -0.2) is 0 Å². The second kappa shape index (κ2) is 14.1. The fraction of sp³-hybridized carbons (Fsp3) is 0.961. The van der Waals surface area contributed by atoms with Crippen LogP contribution in [0.15, 0.2) is 0 Å². The average molecular weight is 837 g/mol. The van der Waals surface area contributed by atoms with E-state index in [2.05, 4.69) is 27.7 Å². The summed E-state index contributed by atoms with van der Waals surface area (Å²) < 4.78 is 25.6. The van der Waals surface area contributed by atoms with Crippen molar-refractivity contribution in [1.29, 1.82) is 0 Å². The number of aliphatic hydroxyl groups excluding tert-OH is 1. The Morgan fingerprint density at radius 1 is 0.550 bits per heavy atom. The second-order valence-electron chi connectivity index (χ2n) is 24.3. The Bertz CT molecular complexity index is 1600. The molecule has 8 bridgehead atoms. The summed E-state index contributed by atoms with van der Waals surface area (Å²) >= 11 is 0. The normalized spacial score (nSPS) is 57.8. The maximum atomic E-state index is 12.0. The molecule has 4 saturated heterocycles. The van der Waals surface area contributed by atoms with Crippen molar-refractivity contribution in [3.05, 3.63) is 0 Å². The van der Waals surface area contributed by atoms with E-state index in [0.29, 0.717) is 48.3 Å². The maximum absolute atomic E-state index is 12.0. The fourth-order valence-electron chi connectivity index (χ4n) is 20.0. The van der Waals surface area contributed by atoms with Gasteiger partial charge in [0.25, 0.3) is 0 Å². The van der Waals surface area contributed by atoms with Gasteiger partial charge in [0, 0.05) is 67.3 Å². The minimum atomic E-state index is -0.464. The molecule has 0 aromatic rings. The van der Waals surface area contributed by atoms with Crippen LogP contribution in [-0.4, -0.2) is 81.2 Å². The van der Waals surface area contributed by atoms with E-state index in [1.165, 1.54) is 51.4 Å². The fourth-order valence-corrected chi connectivity index (χ4v) is 20.0. The first-order chi connectivity index (χ1) is 28.5. The summed E-state index contributed by atoms with van der Waals surface area (Å²) in [6.07, 6.45) is 23.5. The van der Waals surface area contributed by atoms with Crippen molar-refractivity contribution in [2.24, 2.45) is 69.0 Å². The van der Waals surface area contributed by atoms with Crippen LogP contribution in [0.3, 0.4) is 0 Å². The van der Waals surface area contributed by atoms with Crippen LogP contribution in [0.2, 0.25) is 0 Å². The summed E-state index contributed by atoms with van der Waals surface area (Å²) in [6.45, 7) is 13.7. The molecular weight excluding hydrogens is 757 g/mol. The van der Waals surface area contributed by atoms with Crippen LogP contribution in [-0.2, 0) is 28.5 Å². The molecule has 10 aliphatic carbocycles. The first-order valence-corrected chi connectivity index (χ1v) is 25.1. The van der Waals surface area contributed by atoms with Gasteiger partial charge in [-0.2, -0.15) is 0 Å². The first kappa shape index (κ1) is 42.7. The Hall–Kier alpha value is -1.26. The molecule has 20 atom stereocenters. The number of aliphatic hydroxyl groups is 3. The Morgan fingerprint density at radius 2 is 0.950 bits per heavy atom. The molecule has 338 valence electrons. The van der Waals surface area contributed by atoms with Crippen molar-refractivity contribution in [2.45, 2.75) is 230 Å². The number of rotatable bonds is 4. The Kier molecular flexibility index (Phi) is 10.0. The lowest BCUT2D eigenvalue weighted by Crippen LogP contribution is -2.75. The SMILES string of the molecule is CCC(=O)O[C@@H]1CC[C@@H]2[C@H]3CCC45C[C@@]6(O)C[C@@H](C[C@@H](C6)[C@@]4(C)[C@@H]3CC[C@]21C)O5.CCC(=O)O[C@@H]1CC[C@@H]2[C@H]3CCC45C[C@@]6(O)C[C@@H](C[C@@H](C6)[C@@]4(C)[C@@H]3CC[C@]21C)O5.CO. The van der Waals surface area contributed by atoms with Gasteiger partial charge < -0.3 is 34.3 Å². The number of ether oxygens (including phenoxy) is 4. The largest absolute Gasteiger partial charge is 0.462 e. The topological polar surface area (TPSA) is 132 Å². The highest BCUT2D eigenvalue weighted by molar-refractivity contribution is 5.69. The van der Waals surface area contributed by atoms with Crippen molar-refractivity contribution >= 4 is 11.9 Å². The maximum Gasteiger partial charge on any atom is 0.305 e. The quantitative estimate of drug-likeness (QED) is 0.238. The van der Waals surface area contributed by atoms with Gasteiger partial charge in [-0.15, -0.1) is 0 Å². The zero-order valence-corrected chi connectivity index (χ0v) is 38.3. The molecule has 0 radical (unpaired) electrons. The van der Waals surface area contributed by atoms with Crippen LogP contribution in [0.4, 0.5) is 0 Å². The van der Waals surface area contributed by atoms with Crippen LogP contribution < -0.4 is 0 Å². The van der Waals surface area contributed by atoms with Gasteiger partial charge in [-0.3, -0.25) is 9.59 Å². The van der Waals surface area contributed by atoms with Crippen LogP contribution in [0.1, 0.15) is 183 Å². The summed E-state index contributed by atoms with van der Waals surface area (Å²) in [4.78, 5) is 24.1. The Balaban J connectivity index is 0.000000139. The molecular formula is C51H80O9. The second-order valence-corrected chi connectivity index (χ2v) is 24.3. The van der Waals surface area contributed by atoms with Gasteiger partial charge in [-0.1, -0.05) is 41.5 Å². The highest BCUT2D eigenvalue weighted by Gasteiger charge is 2.76. The van der Waals surface area contributed by atoms with E-state index >= 15 is 0 Å². The zero-order valence-electron chi connectivity index (χ0n) is 38.3. The van der Waals surface area contributed by atoms with E-state index in [1.807, 2.05) is 13.8 Å². The van der Waals surface area contributed by atoms with Crippen molar-refractivity contribution in [3.63, 3.8) is 0 Å². The van der Waals surface area contributed by atoms with Crippen LogP contribution in [0, 0.1) is 69.0 Å². The number of hydrogen-bond acceptors (Lipinski definition) is 9. The summed E-state index contributed by atoms with van der Waals surface area (Å²) in [6, 6.07) is 0. The van der Waals surface area contributed by atoms with E-state index in [9.17, 15) is 19.8 Å². The number of hydrogen-bond donors (Lipinski definition) is 3. The minimum absolute atomic E-state index is 0.0313. The van der Waals surface area contributed by atoms with Crippen LogP contribution >= 0.6 is 0 Å². The van der Waals surface area contributed by atoms with Crippen molar-refractivity contribution in [1.82, 2.24) is 0 Å². The van der Waals surface area contributed by atoms with Gasteiger partial charge in [0.2, 0.25) is 0 Å². The standard InChI is InChI=1S/2C25H38O4.CH4O/c2*1-4-21(26)28-20-6-5-18-17-7-10-25-14-24(27)12-15(11-16(13-24)29-25)23(25,3)19(17)8-9-22(18,20)2;1-2/h2*15-20,27H,4-14H2,1-3H3;2H,1H3/t2*15-,16+,17+,18+,19+,20+,22+,23-,24-,25?;/m00./s1. The van der Waals surface area contributed by atoms with E-state index in [4.69, 9.17) is 24.1 Å². The van der Waals surface area contributed by atoms with E-state index < -0.39 is 11.2 Å². The third kappa shape index (κ3) is 5.64. The predicted octanol–water partition coefficient (Wildman–Crippen LogP) is 8.86. The molecule has 3 N–H and O–H groups in total. The molecule has 2 unspecified atom stereocenters. The lowest BCUT2D eigenvalue weighted by atomic mass is 9.37. The van der Waals surface area contributed by atoms with Crippen molar-refractivity contribution in [3.8, 4) is 0 Å². The van der Waals surface area contributed by atoms with Crippen molar-refractivity contribution < 1.29 is 43.9 Å². The molecule has 14 aliphatic rings. The molecule has 14 rings (SSSR count). The highest BCUT2D eigenvalue weighted by atomic mass is 16.6. The van der Waals surface area contributed by atoms with Gasteiger partial charge >= 0.3 is 11.9 Å². The number of carbonyl (C=O) groups excluding carboxylic acids is 2. The number of fused-ring (bicyclic) bond motifs is 6. The molecule has 0 aromatic carbocycles. The number of carbonyl (C=O) groups is 2. The van der Waals surface area contributed by atoms with Crippen LogP contribution in [0.25, 0.3) is 0 Å². The van der Waals surface area contributed by atoms with Gasteiger partial charge in [0.15, 0.2) is 0 Å². The molecule has 4 aliphatic heterocycles. The molecule has 14 fully saturated rings. The lowest BCUT2D eigenvalue weighted by molar-refractivity contribution is -0.361. The Labute approximate surface area is 360 Å². The summed E-state index contributed by atoms with van der Waals surface area (Å²) in [7, 11) is 1.00. The molecule has 9 nitrogen and oxygen atoms in total. The predicted molar refractivity (Wildman–Crippen MR) is 226 cm³/mol. The lowest BCUT2D eigenvalue weighted by Gasteiger charge is -2.74. The molecule has 0 aromatic heterocycles. The molecule has 10 saturated carbocycles. The van der Waals surface area contributed by atoms with E-state index in [-0.39, 0.29) is 69.2 Å².